The minimum atomic E-state index is 0.404. The van der Waals surface area contributed by atoms with Crippen molar-refractivity contribution in [3.05, 3.63) is 100 Å². The number of thiophene rings is 1. The van der Waals surface area contributed by atoms with Crippen LogP contribution in [0.5, 0.6) is 0 Å². The van der Waals surface area contributed by atoms with E-state index >= 15 is 0 Å². The maximum absolute atomic E-state index is 9.57. The highest BCUT2D eigenvalue weighted by Gasteiger charge is 2.31. The SMILES string of the molecule is C=C1C(c2cccnc2C#N)=CC2=C(CCc3cccnc32)N1c1ccsc1. The van der Waals surface area contributed by atoms with Gasteiger partial charge in [0, 0.05) is 45.9 Å². The number of hydrogen-bond donors (Lipinski definition) is 0. The summed E-state index contributed by atoms with van der Waals surface area (Å²) in [5, 5.41) is 13.8. The lowest BCUT2D eigenvalue weighted by Crippen LogP contribution is -2.28. The second-order valence-corrected chi connectivity index (χ2v) is 7.48. The van der Waals surface area contributed by atoms with E-state index in [0.29, 0.717) is 5.69 Å². The van der Waals surface area contributed by atoms with Gasteiger partial charge in [0.15, 0.2) is 0 Å². The Morgan fingerprint density at radius 2 is 1.96 bits per heavy atom. The van der Waals surface area contributed by atoms with Gasteiger partial charge in [0.25, 0.3) is 0 Å². The summed E-state index contributed by atoms with van der Waals surface area (Å²) in [6.07, 6.45) is 7.49. The number of aromatic nitrogens is 2. The van der Waals surface area contributed by atoms with Gasteiger partial charge in [-0.25, -0.2) is 4.98 Å². The number of pyridine rings is 2. The third-order valence-corrected chi connectivity index (χ3v) is 5.87. The first-order valence-corrected chi connectivity index (χ1v) is 9.98. The van der Waals surface area contributed by atoms with Crippen LogP contribution in [0.15, 0.2) is 77.5 Å². The van der Waals surface area contributed by atoms with Crippen LogP contribution < -0.4 is 4.90 Å². The summed E-state index contributed by atoms with van der Waals surface area (Å²) in [5.41, 5.74) is 8.64. The molecule has 4 heterocycles. The van der Waals surface area contributed by atoms with Crippen molar-refractivity contribution in [3.8, 4) is 6.07 Å². The summed E-state index contributed by atoms with van der Waals surface area (Å²) >= 11 is 1.66. The van der Waals surface area contributed by atoms with Crippen LogP contribution in [0, 0.1) is 11.3 Å². The lowest BCUT2D eigenvalue weighted by Gasteiger charge is -2.37. The summed E-state index contributed by atoms with van der Waals surface area (Å²) in [7, 11) is 0. The summed E-state index contributed by atoms with van der Waals surface area (Å²) < 4.78 is 0. The molecule has 0 N–H and O–H groups in total. The minimum Gasteiger partial charge on any atom is -0.313 e. The number of rotatable bonds is 2. The molecule has 1 aliphatic heterocycles. The van der Waals surface area contributed by atoms with Crippen LogP contribution in [0.25, 0.3) is 11.1 Å². The standard InChI is InChI=1S/C23H16N4S/c1-15-19(18-5-3-9-25-21(18)13-24)12-20-22(27(15)17-8-11-28-14-17)7-6-16-4-2-10-26-23(16)20/h2-5,8-12,14H,1,6-7H2. The Hall–Kier alpha value is -3.49. The van der Waals surface area contributed by atoms with Crippen LogP contribution in [-0.4, -0.2) is 9.97 Å². The number of aryl methyl sites for hydroxylation is 1. The molecule has 5 heteroatoms. The molecule has 0 radical (unpaired) electrons. The molecule has 5 rings (SSSR count). The number of hydrogen-bond acceptors (Lipinski definition) is 5. The van der Waals surface area contributed by atoms with Crippen molar-refractivity contribution in [2.45, 2.75) is 12.8 Å². The fourth-order valence-corrected chi connectivity index (χ4v) is 4.56. The van der Waals surface area contributed by atoms with Gasteiger partial charge in [-0.2, -0.15) is 16.6 Å². The van der Waals surface area contributed by atoms with Gasteiger partial charge in [0.2, 0.25) is 0 Å². The second kappa shape index (κ2) is 6.59. The van der Waals surface area contributed by atoms with Gasteiger partial charge >= 0.3 is 0 Å². The number of nitriles is 1. The molecular formula is C23H16N4S. The predicted octanol–water partition coefficient (Wildman–Crippen LogP) is 5.18. The lowest BCUT2D eigenvalue weighted by molar-refractivity contribution is 0.861. The van der Waals surface area contributed by atoms with Crippen molar-refractivity contribution >= 4 is 28.2 Å². The van der Waals surface area contributed by atoms with Gasteiger partial charge in [-0.3, -0.25) is 4.98 Å². The quantitative estimate of drug-likeness (QED) is 0.614. The lowest BCUT2D eigenvalue weighted by atomic mass is 9.85. The Kier molecular flexibility index (Phi) is 3.92. The maximum atomic E-state index is 9.57. The molecule has 3 aromatic rings. The highest BCUT2D eigenvalue weighted by atomic mass is 32.1. The van der Waals surface area contributed by atoms with Gasteiger partial charge in [-0.1, -0.05) is 12.6 Å². The third-order valence-electron chi connectivity index (χ3n) is 5.20. The van der Waals surface area contributed by atoms with E-state index in [4.69, 9.17) is 0 Å². The third kappa shape index (κ3) is 2.50. The van der Waals surface area contributed by atoms with Crippen molar-refractivity contribution < 1.29 is 0 Å². The largest absolute Gasteiger partial charge is 0.313 e. The number of fused-ring (bicyclic) bond motifs is 2. The molecule has 0 fully saturated rings. The zero-order valence-electron chi connectivity index (χ0n) is 15.1. The fraction of sp³-hybridized carbons (Fsp3) is 0.0870. The molecule has 0 atom stereocenters. The Morgan fingerprint density at radius 3 is 2.79 bits per heavy atom. The zero-order chi connectivity index (χ0) is 19.1. The smallest absolute Gasteiger partial charge is 0.148 e. The molecule has 134 valence electrons. The molecule has 0 amide bonds. The van der Waals surface area contributed by atoms with Crippen LogP contribution in [0.1, 0.15) is 28.9 Å². The molecule has 3 aromatic heterocycles. The zero-order valence-corrected chi connectivity index (χ0v) is 15.9. The summed E-state index contributed by atoms with van der Waals surface area (Å²) in [4.78, 5) is 11.1. The minimum absolute atomic E-state index is 0.404. The van der Waals surface area contributed by atoms with Crippen molar-refractivity contribution in [3.63, 3.8) is 0 Å². The van der Waals surface area contributed by atoms with Crippen LogP contribution in [-0.2, 0) is 6.42 Å². The highest BCUT2D eigenvalue weighted by Crippen LogP contribution is 2.45. The molecule has 0 bridgehead atoms. The van der Waals surface area contributed by atoms with Gasteiger partial charge < -0.3 is 4.90 Å². The van der Waals surface area contributed by atoms with Crippen molar-refractivity contribution in [1.82, 2.24) is 9.97 Å². The van der Waals surface area contributed by atoms with Crippen molar-refractivity contribution in [2.24, 2.45) is 0 Å². The predicted molar refractivity (Wildman–Crippen MR) is 112 cm³/mol. The Bertz CT molecular complexity index is 1200. The molecule has 0 aromatic carbocycles. The van der Waals surface area contributed by atoms with E-state index in [-0.39, 0.29) is 0 Å². The molecule has 0 saturated carbocycles. The maximum Gasteiger partial charge on any atom is 0.148 e. The molecule has 4 nitrogen and oxygen atoms in total. The number of anilines is 1. The van der Waals surface area contributed by atoms with Crippen molar-refractivity contribution in [2.75, 3.05) is 4.90 Å². The molecule has 1 aliphatic carbocycles. The van der Waals surface area contributed by atoms with Gasteiger partial charge in [0.05, 0.1) is 11.4 Å². The average molecular weight is 380 g/mol. The van der Waals surface area contributed by atoms with E-state index in [1.54, 1.807) is 17.5 Å². The first-order valence-electron chi connectivity index (χ1n) is 9.04. The number of allylic oxidation sites excluding steroid dienone is 4. The van der Waals surface area contributed by atoms with E-state index < -0.39 is 0 Å². The van der Waals surface area contributed by atoms with Gasteiger partial charge in [-0.15, -0.1) is 0 Å². The summed E-state index contributed by atoms with van der Waals surface area (Å²) in [6.45, 7) is 4.40. The van der Waals surface area contributed by atoms with E-state index in [9.17, 15) is 5.26 Å². The normalized spacial score (nSPS) is 15.6. The fourth-order valence-electron chi connectivity index (χ4n) is 3.94. The molecular weight excluding hydrogens is 364 g/mol. The van der Waals surface area contributed by atoms with Gasteiger partial charge in [0.1, 0.15) is 11.8 Å². The van der Waals surface area contributed by atoms with Crippen LogP contribution >= 0.6 is 11.3 Å². The van der Waals surface area contributed by atoms with Gasteiger partial charge in [-0.05, 0) is 54.1 Å². The summed E-state index contributed by atoms with van der Waals surface area (Å²) in [6, 6.07) is 12.2. The molecule has 0 saturated heterocycles. The van der Waals surface area contributed by atoms with Crippen molar-refractivity contribution in [1.29, 1.82) is 5.26 Å². The van der Waals surface area contributed by atoms with Crippen LogP contribution in [0.3, 0.4) is 0 Å². The van der Waals surface area contributed by atoms with E-state index in [0.717, 1.165) is 46.6 Å². The average Bonchev–Trinajstić information content (AvgIpc) is 3.27. The first kappa shape index (κ1) is 16.7. The Morgan fingerprint density at radius 1 is 1.11 bits per heavy atom. The second-order valence-electron chi connectivity index (χ2n) is 6.70. The Labute approximate surface area is 167 Å². The van der Waals surface area contributed by atoms with Crippen LogP contribution in [0.2, 0.25) is 0 Å². The van der Waals surface area contributed by atoms with E-state index in [1.807, 2.05) is 24.4 Å². The topological polar surface area (TPSA) is 52.8 Å². The number of nitrogens with zero attached hydrogens (tertiary/aromatic N) is 4. The first-order chi connectivity index (χ1) is 13.8. The Balaban J connectivity index is 1.78. The molecule has 28 heavy (non-hydrogen) atoms. The molecule has 0 spiro atoms. The molecule has 2 aliphatic rings. The molecule has 0 unspecified atom stereocenters. The monoisotopic (exact) mass is 380 g/mol. The van der Waals surface area contributed by atoms with Crippen LogP contribution in [0.4, 0.5) is 5.69 Å². The summed E-state index contributed by atoms with van der Waals surface area (Å²) in [5.74, 6) is 0. The van der Waals surface area contributed by atoms with E-state index in [2.05, 4.69) is 56.5 Å². The highest BCUT2D eigenvalue weighted by molar-refractivity contribution is 7.08. The van der Waals surface area contributed by atoms with E-state index in [1.165, 1.54) is 11.3 Å².